The molecular formula is C19H28N4O3. The highest BCUT2D eigenvalue weighted by Crippen LogP contribution is 2.18. The van der Waals surface area contributed by atoms with Crippen molar-refractivity contribution in [3.05, 3.63) is 35.9 Å². The van der Waals surface area contributed by atoms with Gasteiger partial charge < -0.3 is 20.3 Å². The molecule has 1 aliphatic heterocycles. The molecular weight excluding hydrogens is 332 g/mol. The van der Waals surface area contributed by atoms with Crippen LogP contribution in [0.4, 0.5) is 0 Å². The van der Waals surface area contributed by atoms with Gasteiger partial charge in [-0.05, 0) is 25.3 Å². The minimum atomic E-state index is -0.159. The number of nitrogens with zero attached hydrogens (tertiary/aromatic N) is 2. The van der Waals surface area contributed by atoms with E-state index in [0.717, 1.165) is 24.9 Å². The summed E-state index contributed by atoms with van der Waals surface area (Å²) >= 11 is 0. The molecule has 0 radical (unpaired) electrons. The molecule has 1 aromatic rings. The molecule has 0 saturated carbocycles. The van der Waals surface area contributed by atoms with Crippen LogP contribution in [-0.2, 0) is 20.9 Å². The van der Waals surface area contributed by atoms with Crippen LogP contribution in [0.2, 0.25) is 0 Å². The van der Waals surface area contributed by atoms with Crippen molar-refractivity contribution in [1.29, 1.82) is 0 Å². The summed E-state index contributed by atoms with van der Waals surface area (Å²) in [4.78, 5) is 30.3. The number of guanidine groups is 1. The number of rotatable bonds is 6. The van der Waals surface area contributed by atoms with E-state index in [1.165, 1.54) is 0 Å². The maximum Gasteiger partial charge on any atom is 0.310 e. The highest BCUT2D eigenvalue weighted by molar-refractivity contribution is 5.87. The number of carbonyl (C=O) groups is 2. The van der Waals surface area contributed by atoms with Crippen LogP contribution in [0.15, 0.2) is 35.3 Å². The van der Waals surface area contributed by atoms with Crippen LogP contribution >= 0.6 is 0 Å². The lowest BCUT2D eigenvalue weighted by atomic mass is 9.98. The molecule has 2 rings (SSSR count). The molecule has 1 aliphatic rings. The Labute approximate surface area is 154 Å². The van der Waals surface area contributed by atoms with Crippen LogP contribution in [0.1, 0.15) is 25.3 Å². The van der Waals surface area contributed by atoms with Crippen molar-refractivity contribution in [3.8, 4) is 0 Å². The van der Waals surface area contributed by atoms with Gasteiger partial charge in [-0.25, -0.2) is 0 Å². The normalized spacial score (nSPS) is 17.5. The van der Waals surface area contributed by atoms with Crippen LogP contribution in [0.5, 0.6) is 0 Å². The van der Waals surface area contributed by atoms with Gasteiger partial charge in [0, 0.05) is 26.7 Å². The van der Waals surface area contributed by atoms with Gasteiger partial charge in [-0.3, -0.25) is 14.6 Å². The fourth-order valence-electron chi connectivity index (χ4n) is 2.97. The zero-order valence-corrected chi connectivity index (χ0v) is 15.5. The van der Waals surface area contributed by atoms with Crippen molar-refractivity contribution in [3.63, 3.8) is 0 Å². The number of carbonyl (C=O) groups excluding carboxylic acids is 2. The largest absolute Gasteiger partial charge is 0.466 e. The second-order valence-electron chi connectivity index (χ2n) is 6.20. The first-order valence-electron chi connectivity index (χ1n) is 9.07. The number of ether oxygens (including phenoxy) is 1. The Balaban J connectivity index is 1.79. The molecule has 1 fully saturated rings. The molecule has 1 amide bonds. The predicted octanol–water partition coefficient (Wildman–Crippen LogP) is 1.15. The summed E-state index contributed by atoms with van der Waals surface area (Å²) in [5.41, 5.74) is 1.05. The molecule has 0 aliphatic carbocycles. The smallest absolute Gasteiger partial charge is 0.310 e. The molecule has 1 atom stereocenters. The van der Waals surface area contributed by atoms with Gasteiger partial charge in [-0.15, -0.1) is 0 Å². The maximum atomic E-state index is 12.1. The third-order valence-electron chi connectivity index (χ3n) is 4.29. The number of hydrogen-bond donors (Lipinski definition) is 2. The number of esters is 1. The SMILES string of the molecule is CCOC(=O)C1CCCN(C(=NC)NCC(=O)NCc2ccccc2)C1. The van der Waals surface area contributed by atoms with Crippen molar-refractivity contribution < 1.29 is 14.3 Å². The molecule has 1 unspecified atom stereocenters. The summed E-state index contributed by atoms with van der Waals surface area (Å²) in [6, 6.07) is 9.76. The lowest BCUT2D eigenvalue weighted by Gasteiger charge is -2.33. The molecule has 7 heteroatoms. The second kappa shape index (κ2) is 10.4. The minimum Gasteiger partial charge on any atom is -0.466 e. The molecule has 0 bridgehead atoms. The molecule has 0 aromatic heterocycles. The van der Waals surface area contributed by atoms with Gasteiger partial charge in [0.25, 0.3) is 0 Å². The topological polar surface area (TPSA) is 83.0 Å². The second-order valence-corrected chi connectivity index (χ2v) is 6.20. The van der Waals surface area contributed by atoms with E-state index in [2.05, 4.69) is 15.6 Å². The number of nitrogens with one attached hydrogen (secondary N) is 2. The van der Waals surface area contributed by atoms with Crippen LogP contribution in [0.25, 0.3) is 0 Å². The van der Waals surface area contributed by atoms with Gasteiger partial charge in [0.1, 0.15) is 0 Å². The van der Waals surface area contributed by atoms with Crippen molar-refractivity contribution in [2.45, 2.75) is 26.3 Å². The van der Waals surface area contributed by atoms with Crippen LogP contribution in [-0.4, -0.2) is 56.0 Å². The molecule has 2 N–H and O–H groups in total. The molecule has 1 saturated heterocycles. The van der Waals surface area contributed by atoms with Crippen molar-refractivity contribution in [2.75, 3.05) is 33.3 Å². The standard InChI is InChI=1S/C19H28N4O3/c1-3-26-18(25)16-10-7-11-23(14-16)19(20-2)22-13-17(24)21-12-15-8-5-4-6-9-15/h4-6,8-9,16H,3,7,10-14H2,1-2H3,(H,20,22)(H,21,24). The molecule has 7 nitrogen and oxygen atoms in total. The lowest BCUT2D eigenvalue weighted by Crippen LogP contribution is -2.50. The van der Waals surface area contributed by atoms with Gasteiger partial charge in [0.05, 0.1) is 19.1 Å². The first kappa shape index (κ1) is 19.8. The quantitative estimate of drug-likeness (QED) is 0.452. The number of aliphatic imine (C=N–C) groups is 1. The van der Waals surface area contributed by atoms with Gasteiger partial charge in [0.15, 0.2) is 5.96 Å². The van der Waals surface area contributed by atoms with Crippen molar-refractivity contribution >= 4 is 17.8 Å². The summed E-state index contributed by atoms with van der Waals surface area (Å²) in [6.45, 7) is 4.21. The van der Waals surface area contributed by atoms with E-state index in [1.54, 1.807) is 7.05 Å². The number of benzene rings is 1. The van der Waals surface area contributed by atoms with Crippen molar-refractivity contribution in [1.82, 2.24) is 15.5 Å². The molecule has 26 heavy (non-hydrogen) atoms. The number of likely N-dealkylation sites (tertiary alicyclic amines) is 1. The number of piperidine rings is 1. The molecule has 1 heterocycles. The Morgan fingerprint density at radius 3 is 2.73 bits per heavy atom. The zero-order valence-electron chi connectivity index (χ0n) is 15.5. The summed E-state index contributed by atoms with van der Waals surface area (Å²) in [7, 11) is 1.68. The van der Waals surface area contributed by atoms with Gasteiger partial charge in [0.2, 0.25) is 5.91 Å². The fraction of sp³-hybridized carbons (Fsp3) is 0.526. The number of amides is 1. The van der Waals surface area contributed by atoms with E-state index in [1.807, 2.05) is 42.2 Å². The highest BCUT2D eigenvalue weighted by Gasteiger charge is 2.28. The summed E-state index contributed by atoms with van der Waals surface area (Å²) in [5.74, 6) is 0.227. The summed E-state index contributed by atoms with van der Waals surface area (Å²) in [5, 5.41) is 5.95. The third kappa shape index (κ3) is 6.06. The zero-order chi connectivity index (χ0) is 18.8. The third-order valence-corrected chi connectivity index (χ3v) is 4.29. The predicted molar refractivity (Wildman–Crippen MR) is 101 cm³/mol. The summed E-state index contributed by atoms with van der Waals surface area (Å²) in [6.07, 6.45) is 1.72. The monoisotopic (exact) mass is 360 g/mol. The van der Waals surface area contributed by atoms with Crippen LogP contribution in [0.3, 0.4) is 0 Å². The van der Waals surface area contributed by atoms with Gasteiger partial charge >= 0.3 is 5.97 Å². The Hall–Kier alpha value is -2.57. The van der Waals surface area contributed by atoms with Crippen LogP contribution < -0.4 is 10.6 Å². The van der Waals surface area contributed by atoms with E-state index in [-0.39, 0.29) is 24.3 Å². The lowest BCUT2D eigenvalue weighted by molar-refractivity contribution is -0.149. The van der Waals surface area contributed by atoms with Gasteiger partial charge in [-0.1, -0.05) is 30.3 Å². The maximum absolute atomic E-state index is 12.1. The first-order valence-corrected chi connectivity index (χ1v) is 9.07. The Morgan fingerprint density at radius 2 is 2.04 bits per heavy atom. The fourth-order valence-corrected chi connectivity index (χ4v) is 2.97. The Morgan fingerprint density at radius 1 is 1.27 bits per heavy atom. The molecule has 142 valence electrons. The average Bonchev–Trinajstić information content (AvgIpc) is 2.68. The first-order chi connectivity index (χ1) is 12.6. The Kier molecular flexibility index (Phi) is 7.92. The van der Waals surface area contributed by atoms with E-state index < -0.39 is 0 Å². The molecule has 1 aromatic carbocycles. The Bertz CT molecular complexity index is 618. The van der Waals surface area contributed by atoms with E-state index >= 15 is 0 Å². The number of hydrogen-bond acceptors (Lipinski definition) is 4. The van der Waals surface area contributed by atoms with Crippen LogP contribution in [0, 0.1) is 5.92 Å². The van der Waals surface area contributed by atoms with E-state index in [0.29, 0.717) is 25.7 Å². The minimum absolute atomic E-state index is 0.103. The average molecular weight is 360 g/mol. The molecule has 0 spiro atoms. The summed E-state index contributed by atoms with van der Waals surface area (Å²) < 4.78 is 5.13. The van der Waals surface area contributed by atoms with Gasteiger partial charge in [-0.2, -0.15) is 0 Å². The van der Waals surface area contributed by atoms with Crippen molar-refractivity contribution in [2.24, 2.45) is 10.9 Å². The van der Waals surface area contributed by atoms with E-state index in [9.17, 15) is 9.59 Å². The highest BCUT2D eigenvalue weighted by atomic mass is 16.5. The van der Waals surface area contributed by atoms with E-state index in [4.69, 9.17) is 4.74 Å².